The predicted octanol–water partition coefficient (Wildman–Crippen LogP) is 3.91. The van der Waals surface area contributed by atoms with Gasteiger partial charge in [-0.05, 0) is 68.2 Å². The summed E-state index contributed by atoms with van der Waals surface area (Å²) in [5.41, 5.74) is 2.80. The molecular weight excluding hydrogens is 380 g/mol. The molecule has 1 saturated heterocycles. The first kappa shape index (κ1) is 21.3. The van der Waals surface area contributed by atoms with Gasteiger partial charge in [-0.3, -0.25) is 14.5 Å². The Morgan fingerprint density at radius 3 is 2.37 bits per heavy atom. The van der Waals surface area contributed by atoms with Gasteiger partial charge in [-0.15, -0.1) is 0 Å². The molecule has 156 valence electrons. The number of rotatable bonds is 7. The number of ether oxygens (including phenoxy) is 1. The standard InChI is InChI=1S/C24H26N2O4/c1-15(2)14-30-20-10-8-19(9-11-20)24(5)22(28)26(23(29)25-24)13-21(27)18-7-6-16(3)17(4)12-18/h6-12H,1,13-14H2,2-5H3,(H,25,29). The number of hydrogen-bond acceptors (Lipinski definition) is 4. The second-order valence-corrected chi connectivity index (χ2v) is 7.94. The summed E-state index contributed by atoms with van der Waals surface area (Å²) in [6.45, 7) is 11.3. The van der Waals surface area contributed by atoms with Crippen LogP contribution in [0, 0.1) is 13.8 Å². The number of carbonyl (C=O) groups is 3. The van der Waals surface area contributed by atoms with Crippen LogP contribution in [0.2, 0.25) is 0 Å². The molecule has 1 unspecified atom stereocenters. The maximum absolute atomic E-state index is 13.1. The fraction of sp³-hybridized carbons (Fsp3) is 0.292. The molecule has 1 atom stereocenters. The van der Waals surface area contributed by atoms with Gasteiger partial charge in [0, 0.05) is 5.56 Å². The maximum Gasteiger partial charge on any atom is 0.325 e. The lowest BCUT2D eigenvalue weighted by atomic mass is 9.92. The molecule has 1 aliphatic heterocycles. The van der Waals surface area contributed by atoms with Crippen molar-refractivity contribution in [3.8, 4) is 5.75 Å². The fourth-order valence-corrected chi connectivity index (χ4v) is 3.28. The van der Waals surface area contributed by atoms with Crippen molar-refractivity contribution in [3.63, 3.8) is 0 Å². The molecule has 0 bridgehead atoms. The highest BCUT2D eigenvalue weighted by atomic mass is 16.5. The van der Waals surface area contributed by atoms with Crippen LogP contribution in [-0.2, 0) is 10.3 Å². The Balaban J connectivity index is 1.76. The smallest absolute Gasteiger partial charge is 0.325 e. The summed E-state index contributed by atoms with van der Waals surface area (Å²) in [6.07, 6.45) is 0. The third-order valence-corrected chi connectivity index (χ3v) is 5.32. The van der Waals surface area contributed by atoms with Crippen LogP contribution in [0.4, 0.5) is 4.79 Å². The van der Waals surface area contributed by atoms with E-state index in [-0.39, 0.29) is 12.3 Å². The van der Waals surface area contributed by atoms with Crippen molar-refractivity contribution >= 4 is 17.7 Å². The van der Waals surface area contributed by atoms with E-state index in [9.17, 15) is 14.4 Å². The number of urea groups is 1. The van der Waals surface area contributed by atoms with Gasteiger partial charge in [-0.25, -0.2) is 4.79 Å². The van der Waals surface area contributed by atoms with Crippen LogP contribution in [0.5, 0.6) is 5.75 Å². The zero-order valence-corrected chi connectivity index (χ0v) is 17.7. The summed E-state index contributed by atoms with van der Waals surface area (Å²) in [5.74, 6) is -0.0985. The number of amides is 3. The van der Waals surface area contributed by atoms with E-state index in [0.29, 0.717) is 23.5 Å². The van der Waals surface area contributed by atoms with Crippen molar-refractivity contribution in [1.29, 1.82) is 0 Å². The number of ketones is 1. The molecule has 3 amide bonds. The summed E-state index contributed by atoms with van der Waals surface area (Å²) >= 11 is 0. The number of nitrogens with one attached hydrogen (secondary N) is 1. The minimum Gasteiger partial charge on any atom is -0.489 e. The molecule has 1 heterocycles. The van der Waals surface area contributed by atoms with Crippen LogP contribution < -0.4 is 10.1 Å². The van der Waals surface area contributed by atoms with Gasteiger partial charge in [-0.2, -0.15) is 0 Å². The van der Waals surface area contributed by atoms with Crippen molar-refractivity contribution in [2.45, 2.75) is 33.2 Å². The van der Waals surface area contributed by atoms with Crippen LogP contribution in [0.3, 0.4) is 0 Å². The Bertz CT molecular complexity index is 1030. The third-order valence-electron chi connectivity index (χ3n) is 5.32. The Hall–Kier alpha value is -3.41. The van der Waals surface area contributed by atoms with E-state index < -0.39 is 17.5 Å². The predicted molar refractivity (Wildman–Crippen MR) is 115 cm³/mol. The zero-order valence-electron chi connectivity index (χ0n) is 17.7. The number of carbonyl (C=O) groups excluding carboxylic acids is 3. The molecule has 1 aliphatic rings. The number of aryl methyl sites for hydroxylation is 2. The first-order valence-corrected chi connectivity index (χ1v) is 9.74. The van der Waals surface area contributed by atoms with E-state index in [1.54, 1.807) is 43.3 Å². The van der Waals surface area contributed by atoms with Crippen LogP contribution >= 0.6 is 0 Å². The monoisotopic (exact) mass is 406 g/mol. The molecule has 0 aliphatic carbocycles. The molecule has 6 heteroatoms. The van der Waals surface area contributed by atoms with E-state index in [4.69, 9.17) is 4.74 Å². The topological polar surface area (TPSA) is 75.7 Å². The Morgan fingerprint density at radius 1 is 1.10 bits per heavy atom. The van der Waals surface area contributed by atoms with Gasteiger partial charge < -0.3 is 10.1 Å². The molecule has 30 heavy (non-hydrogen) atoms. The lowest BCUT2D eigenvalue weighted by molar-refractivity contribution is -0.130. The van der Waals surface area contributed by atoms with Crippen LogP contribution in [0.25, 0.3) is 0 Å². The van der Waals surface area contributed by atoms with E-state index >= 15 is 0 Å². The molecule has 0 saturated carbocycles. The van der Waals surface area contributed by atoms with Gasteiger partial charge in [0.05, 0.1) is 6.54 Å². The molecule has 0 aromatic heterocycles. The summed E-state index contributed by atoms with van der Waals surface area (Å²) in [5, 5.41) is 2.72. The lowest BCUT2D eigenvalue weighted by Crippen LogP contribution is -2.41. The molecule has 2 aromatic carbocycles. The average Bonchev–Trinajstić information content (AvgIpc) is 2.92. The summed E-state index contributed by atoms with van der Waals surface area (Å²) in [4.78, 5) is 39.2. The maximum atomic E-state index is 13.1. The van der Waals surface area contributed by atoms with Crippen LogP contribution in [0.1, 0.15) is 40.9 Å². The van der Waals surface area contributed by atoms with Gasteiger partial charge in [0.15, 0.2) is 5.78 Å². The highest BCUT2D eigenvalue weighted by Gasteiger charge is 2.49. The SMILES string of the molecule is C=C(C)COc1ccc(C2(C)NC(=O)N(CC(=O)c3ccc(C)c(C)c3)C2=O)cc1. The van der Waals surface area contributed by atoms with Crippen molar-refractivity contribution in [1.82, 2.24) is 10.2 Å². The highest BCUT2D eigenvalue weighted by Crippen LogP contribution is 2.30. The molecule has 0 spiro atoms. The summed E-state index contributed by atoms with van der Waals surface area (Å²) in [7, 11) is 0. The summed E-state index contributed by atoms with van der Waals surface area (Å²) in [6, 6.07) is 11.7. The molecule has 3 rings (SSSR count). The molecular formula is C24H26N2O4. The van der Waals surface area contributed by atoms with Crippen LogP contribution in [0.15, 0.2) is 54.6 Å². The molecule has 0 radical (unpaired) electrons. The second kappa shape index (κ2) is 8.14. The third kappa shape index (κ3) is 4.13. The zero-order chi connectivity index (χ0) is 22.1. The van der Waals surface area contributed by atoms with Crippen molar-refractivity contribution in [2.75, 3.05) is 13.2 Å². The van der Waals surface area contributed by atoms with Gasteiger partial charge in [0.1, 0.15) is 17.9 Å². The van der Waals surface area contributed by atoms with E-state index in [1.165, 1.54) is 0 Å². The second-order valence-electron chi connectivity index (χ2n) is 7.94. The van der Waals surface area contributed by atoms with Crippen LogP contribution in [-0.4, -0.2) is 35.8 Å². The van der Waals surface area contributed by atoms with Gasteiger partial charge in [0.25, 0.3) is 5.91 Å². The Kier molecular flexibility index (Phi) is 5.78. The van der Waals surface area contributed by atoms with Gasteiger partial charge >= 0.3 is 6.03 Å². The number of Topliss-reactive ketones (excluding diaryl/α,β-unsaturated/α-hetero) is 1. The minimum atomic E-state index is -1.24. The normalized spacial score (nSPS) is 18.3. The largest absolute Gasteiger partial charge is 0.489 e. The molecule has 1 N–H and O–H groups in total. The quantitative estimate of drug-likeness (QED) is 0.430. The molecule has 1 fully saturated rings. The van der Waals surface area contributed by atoms with E-state index in [2.05, 4.69) is 11.9 Å². The highest BCUT2D eigenvalue weighted by molar-refractivity contribution is 6.11. The average molecular weight is 406 g/mol. The van der Waals surface area contributed by atoms with Crippen molar-refractivity contribution in [3.05, 3.63) is 76.9 Å². The van der Waals surface area contributed by atoms with Crippen molar-refractivity contribution < 1.29 is 19.1 Å². The summed E-state index contributed by atoms with van der Waals surface area (Å²) < 4.78 is 5.58. The number of nitrogens with zero attached hydrogens (tertiary/aromatic N) is 1. The number of benzene rings is 2. The first-order chi connectivity index (χ1) is 14.1. The van der Waals surface area contributed by atoms with E-state index in [1.807, 2.05) is 26.8 Å². The number of hydrogen-bond donors (Lipinski definition) is 1. The minimum absolute atomic E-state index is 0.283. The van der Waals surface area contributed by atoms with Crippen molar-refractivity contribution in [2.24, 2.45) is 0 Å². The fourth-order valence-electron chi connectivity index (χ4n) is 3.28. The molecule has 6 nitrogen and oxygen atoms in total. The molecule has 2 aromatic rings. The first-order valence-electron chi connectivity index (χ1n) is 9.74. The van der Waals surface area contributed by atoms with Gasteiger partial charge in [0.2, 0.25) is 0 Å². The Labute approximate surface area is 176 Å². The lowest BCUT2D eigenvalue weighted by Gasteiger charge is -2.22. The number of imide groups is 1. The Morgan fingerprint density at radius 2 is 1.77 bits per heavy atom. The van der Waals surface area contributed by atoms with E-state index in [0.717, 1.165) is 21.6 Å². The van der Waals surface area contributed by atoms with Gasteiger partial charge in [-0.1, -0.05) is 30.8 Å².